The Morgan fingerprint density at radius 1 is 0.367 bits per heavy atom. The largest absolute Gasteiger partial charge is 0.472 e. The molecule has 0 aromatic rings. The highest BCUT2D eigenvalue weighted by Crippen LogP contribution is 2.45. The quantitative estimate of drug-likeness (QED) is 0.0146. The van der Waals surface area contributed by atoms with Crippen LogP contribution in [0.3, 0.4) is 0 Å². The van der Waals surface area contributed by atoms with Crippen molar-refractivity contribution in [2.75, 3.05) is 39.6 Å². The van der Waals surface area contributed by atoms with E-state index in [0.29, 0.717) is 19.3 Å². The number of phosphoric acid groups is 2. The molecule has 0 rings (SSSR count). The number of rotatable bonds is 58. The van der Waals surface area contributed by atoms with Gasteiger partial charge in [-0.25, -0.2) is 9.13 Å². The van der Waals surface area contributed by atoms with E-state index in [4.69, 9.17) is 32.3 Å². The molecule has 0 aromatic heterocycles. The lowest BCUT2D eigenvalue weighted by Crippen LogP contribution is -2.30. The van der Waals surface area contributed by atoms with E-state index in [0.717, 1.165) is 109 Å². The van der Waals surface area contributed by atoms with Gasteiger partial charge < -0.3 is 34.2 Å². The molecule has 0 bridgehead atoms. The zero-order valence-corrected chi connectivity index (χ0v) is 51.1. The molecule has 0 amide bonds. The molecule has 0 saturated heterocycles. The first-order valence-electron chi connectivity index (χ1n) is 30.6. The second-order valence-electron chi connectivity index (χ2n) is 20.5. The molecule has 0 aliphatic heterocycles. The summed E-state index contributed by atoms with van der Waals surface area (Å²) in [6.45, 7) is 2.47. The van der Waals surface area contributed by atoms with Gasteiger partial charge in [-0.1, -0.05) is 216 Å². The first-order valence-corrected chi connectivity index (χ1v) is 33.6. The normalized spacial score (nSPS) is 14.9. The fraction of sp³-hybridized carbons (Fsp3) is 0.787. The summed E-state index contributed by atoms with van der Waals surface area (Å²) in [5.74, 6) is -1.60. The van der Waals surface area contributed by atoms with Crippen LogP contribution in [0.25, 0.3) is 0 Å². The third kappa shape index (κ3) is 56.9. The maximum atomic E-state index is 12.8. The molecule has 0 aromatic carbocycles. The van der Waals surface area contributed by atoms with Gasteiger partial charge in [-0.15, -0.1) is 0 Å². The molecular weight excluding hydrogens is 1050 g/mol. The van der Waals surface area contributed by atoms with Gasteiger partial charge in [-0.2, -0.15) is 0 Å². The molecule has 16 nitrogen and oxygen atoms in total. The van der Waals surface area contributed by atoms with Gasteiger partial charge in [0.2, 0.25) is 0 Å². The predicted molar refractivity (Wildman–Crippen MR) is 316 cm³/mol. The fourth-order valence-electron chi connectivity index (χ4n) is 8.01. The fourth-order valence-corrected chi connectivity index (χ4v) is 9.60. The second-order valence-corrected chi connectivity index (χ2v) is 23.4. The van der Waals surface area contributed by atoms with Gasteiger partial charge in [0.1, 0.15) is 25.4 Å². The van der Waals surface area contributed by atoms with Gasteiger partial charge in [-0.3, -0.25) is 32.5 Å². The zero-order valence-electron chi connectivity index (χ0n) is 49.3. The summed E-state index contributed by atoms with van der Waals surface area (Å²) in [4.78, 5) is 58.0. The molecule has 0 heterocycles. The van der Waals surface area contributed by atoms with Crippen LogP contribution in [-0.2, 0) is 55.8 Å². The Bertz CT molecular complexity index is 1700. The summed E-state index contributed by atoms with van der Waals surface area (Å²) in [7, 11) is -9.76. The molecule has 0 spiro atoms. The van der Waals surface area contributed by atoms with Crippen LogP contribution in [0.2, 0.25) is 0 Å². The molecule has 0 aliphatic rings. The van der Waals surface area contributed by atoms with E-state index in [-0.39, 0.29) is 19.3 Å². The van der Waals surface area contributed by atoms with Gasteiger partial charge in [0.15, 0.2) is 6.10 Å². The monoisotopic (exact) mass is 1160 g/mol. The molecule has 5 atom stereocenters. The summed E-state index contributed by atoms with van der Waals surface area (Å²) in [6.07, 6.45) is 52.9. The smallest absolute Gasteiger partial charge is 0.463 e. The minimum Gasteiger partial charge on any atom is -0.463 e. The Labute approximate surface area is 478 Å². The minimum atomic E-state index is -4.91. The van der Waals surface area contributed by atoms with Gasteiger partial charge in [0.05, 0.1) is 26.4 Å². The van der Waals surface area contributed by atoms with Crippen LogP contribution >= 0.6 is 15.6 Å². The van der Waals surface area contributed by atoms with E-state index in [9.17, 15) is 43.5 Å². The summed E-state index contributed by atoms with van der Waals surface area (Å²) < 4.78 is 60.6. The van der Waals surface area contributed by atoms with Gasteiger partial charge >= 0.3 is 33.6 Å². The van der Waals surface area contributed by atoms with Crippen LogP contribution in [0.5, 0.6) is 0 Å². The van der Waals surface area contributed by atoms with Crippen molar-refractivity contribution in [1.29, 1.82) is 0 Å². The lowest BCUT2D eigenvalue weighted by molar-refractivity contribution is -0.161. The van der Waals surface area contributed by atoms with Crippen LogP contribution < -0.4 is 0 Å². The second kappa shape index (κ2) is 55.8. The van der Waals surface area contributed by atoms with Crippen molar-refractivity contribution in [3.8, 4) is 0 Å². The summed E-state index contributed by atoms with van der Waals surface area (Å²) in [5.41, 5.74) is 0. The van der Waals surface area contributed by atoms with Crippen molar-refractivity contribution in [1.82, 2.24) is 0 Å². The Balaban J connectivity index is 4.64. The van der Waals surface area contributed by atoms with E-state index in [1.807, 2.05) is 0 Å². The molecule has 0 radical (unpaired) electrons. The molecule has 0 aliphatic carbocycles. The number of phosphoric ester groups is 2. The lowest BCUT2D eigenvalue weighted by atomic mass is 10.0. The van der Waals surface area contributed by atoms with Crippen LogP contribution in [0.1, 0.15) is 252 Å². The molecule has 460 valence electrons. The molecule has 18 heteroatoms. The van der Waals surface area contributed by atoms with Crippen molar-refractivity contribution < 1.29 is 75.8 Å². The summed E-state index contributed by atoms with van der Waals surface area (Å²) >= 11 is 0. The highest BCUT2D eigenvalue weighted by molar-refractivity contribution is 7.47. The summed E-state index contributed by atoms with van der Waals surface area (Å²) in [5, 5.41) is 20.4. The maximum absolute atomic E-state index is 12.8. The SMILES string of the molecule is CC/C=C\C/C=C\C/C=C\C/C=C\CCCCCCC(=O)OCC(O)COP(=O)(O)OCC(O)COP(=O)(O)OCC(COC(=O)CCCCCCCCCCCCCCCCC)OC(=O)CCCCCCC/C=C\CCCC. The van der Waals surface area contributed by atoms with Crippen molar-refractivity contribution >= 4 is 33.6 Å². The molecule has 79 heavy (non-hydrogen) atoms. The van der Waals surface area contributed by atoms with Crippen LogP contribution in [-0.4, -0.2) is 95.9 Å². The van der Waals surface area contributed by atoms with E-state index < -0.39 is 91.5 Å². The van der Waals surface area contributed by atoms with Crippen LogP contribution in [0.15, 0.2) is 60.8 Å². The standard InChI is InChI=1S/C61H110O16P2/c1-4-7-10-13-16-19-22-24-26-27-29-31-33-35-38-41-44-47-59(64)71-50-56(62)51-73-78(67,68)74-52-57(63)53-75-79(69,70)76-55-58(77-61(66)49-46-43-40-37-32-21-18-15-12-9-6-3)54-72-60(65)48-45-42-39-36-34-30-28-25-23-20-17-14-11-8-5-2/h7,10,15-16,18-19,24,26,29,31,56-58,62-63H,4-6,8-9,11-14,17,20-23,25,27-28,30,32-55H2,1-3H3,(H,67,68)(H,69,70)/b10-7-,18-15-,19-16-,26-24-,31-29-. The van der Waals surface area contributed by atoms with Crippen molar-refractivity contribution in [2.45, 2.75) is 270 Å². The summed E-state index contributed by atoms with van der Waals surface area (Å²) in [6, 6.07) is 0. The number of allylic oxidation sites excluding steroid dienone is 10. The number of hydrogen-bond donors (Lipinski definition) is 4. The average Bonchev–Trinajstić information content (AvgIpc) is 3.42. The van der Waals surface area contributed by atoms with Gasteiger partial charge in [-0.05, 0) is 77.0 Å². The first-order chi connectivity index (χ1) is 38.2. The number of esters is 3. The van der Waals surface area contributed by atoms with Crippen molar-refractivity contribution in [2.24, 2.45) is 0 Å². The highest BCUT2D eigenvalue weighted by Gasteiger charge is 2.29. The number of hydrogen-bond acceptors (Lipinski definition) is 14. The third-order valence-electron chi connectivity index (χ3n) is 12.7. The average molecular weight is 1160 g/mol. The minimum absolute atomic E-state index is 0.0973. The number of aliphatic hydroxyl groups is 2. The zero-order chi connectivity index (χ0) is 58.2. The molecule has 0 fully saturated rings. The van der Waals surface area contributed by atoms with E-state index in [2.05, 4.69) is 81.5 Å². The van der Waals surface area contributed by atoms with E-state index in [1.54, 1.807) is 0 Å². The number of unbranched alkanes of at least 4 members (excludes halogenated alkanes) is 25. The number of aliphatic hydroxyl groups excluding tert-OH is 2. The van der Waals surface area contributed by atoms with Gasteiger partial charge in [0, 0.05) is 19.3 Å². The molecule has 0 saturated carbocycles. The van der Waals surface area contributed by atoms with E-state index >= 15 is 0 Å². The topological polar surface area (TPSA) is 231 Å². The highest BCUT2D eigenvalue weighted by atomic mass is 31.2. The molecular formula is C61H110O16P2. The van der Waals surface area contributed by atoms with Gasteiger partial charge in [0.25, 0.3) is 0 Å². The Morgan fingerprint density at radius 3 is 1.11 bits per heavy atom. The Kier molecular flexibility index (Phi) is 53.8. The Morgan fingerprint density at radius 2 is 0.684 bits per heavy atom. The third-order valence-corrected chi connectivity index (χ3v) is 14.6. The van der Waals surface area contributed by atoms with Crippen LogP contribution in [0, 0.1) is 0 Å². The number of carbonyl (C=O) groups excluding carboxylic acids is 3. The number of carbonyl (C=O) groups is 3. The maximum Gasteiger partial charge on any atom is 0.472 e. The Hall–Kier alpha value is -2.75. The lowest BCUT2D eigenvalue weighted by Gasteiger charge is -2.21. The molecule has 5 unspecified atom stereocenters. The first kappa shape index (κ1) is 76.2. The van der Waals surface area contributed by atoms with Crippen molar-refractivity contribution in [3.63, 3.8) is 0 Å². The predicted octanol–water partition coefficient (Wildman–Crippen LogP) is 15.9. The number of ether oxygens (including phenoxy) is 3. The van der Waals surface area contributed by atoms with Crippen LogP contribution in [0.4, 0.5) is 0 Å². The molecule has 4 N–H and O–H groups in total. The van der Waals surface area contributed by atoms with Crippen molar-refractivity contribution in [3.05, 3.63) is 60.8 Å². The van der Waals surface area contributed by atoms with E-state index in [1.165, 1.54) is 83.5 Å².